The van der Waals surface area contributed by atoms with Crippen LogP contribution in [0.5, 0.6) is 5.75 Å². The molecule has 0 radical (unpaired) electrons. The average Bonchev–Trinajstić information content (AvgIpc) is 2.52. The molecule has 1 N–H and O–H groups in total. The number of methoxy groups -OCH3 is 1. The second-order valence-corrected chi connectivity index (χ2v) is 5.90. The Morgan fingerprint density at radius 3 is 2.67 bits per heavy atom. The lowest BCUT2D eigenvalue weighted by molar-refractivity contribution is 0.337. The lowest BCUT2D eigenvalue weighted by Crippen LogP contribution is -2.14. The number of aryl methyl sites for hydroxylation is 2. The Hall–Kier alpha value is -1.92. The van der Waals surface area contributed by atoms with Crippen LogP contribution in [0.3, 0.4) is 0 Å². The van der Waals surface area contributed by atoms with Gasteiger partial charge in [-0.05, 0) is 50.7 Å². The molecule has 0 bridgehead atoms. The van der Waals surface area contributed by atoms with Gasteiger partial charge in [0.25, 0.3) is 0 Å². The van der Waals surface area contributed by atoms with Crippen molar-refractivity contribution in [3.63, 3.8) is 0 Å². The normalized spacial score (nSPS) is 10.4. The van der Waals surface area contributed by atoms with Crippen LogP contribution in [0, 0.1) is 13.8 Å². The van der Waals surface area contributed by atoms with Crippen molar-refractivity contribution in [1.29, 1.82) is 0 Å². The van der Waals surface area contributed by atoms with Crippen molar-refractivity contribution >= 4 is 34.7 Å². The molecule has 0 aliphatic carbocycles. The topological polar surface area (TPSA) is 56.3 Å². The van der Waals surface area contributed by atoms with Gasteiger partial charge < -0.3 is 14.8 Å². The Morgan fingerprint density at radius 2 is 2.04 bits per heavy atom. The van der Waals surface area contributed by atoms with E-state index in [9.17, 15) is 0 Å². The zero-order valence-corrected chi connectivity index (χ0v) is 15.7. The zero-order chi connectivity index (χ0) is 17.7. The summed E-state index contributed by atoms with van der Waals surface area (Å²) < 4.78 is 10.6. The highest BCUT2D eigenvalue weighted by Gasteiger charge is 2.16. The Kier molecular flexibility index (Phi) is 6.34. The van der Waals surface area contributed by atoms with E-state index in [1.165, 1.54) is 0 Å². The quantitative estimate of drug-likeness (QED) is 0.778. The van der Waals surface area contributed by atoms with Gasteiger partial charge in [-0.2, -0.15) is 0 Å². The Morgan fingerprint density at radius 1 is 1.29 bits per heavy atom. The molecule has 2 rings (SSSR count). The second kappa shape index (κ2) is 8.26. The Bertz CT molecular complexity index is 753. The number of aromatic nitrogens is 2. The predicted molar refractivity (Wildman–Crippen MR) is 100 cm³/mol. The van der Waals surface area contributed by atoms with Gasteiger partial charge >= 0.3 is 0 Å². The van der Waals surface area contributed by atoms with E-state index in [0.29, 0.717) is 40.6 Å². The number of anilines is 1. The molecule has 5 nitrogen and oxygen atoms in total. The molecule has 1 aromatic carbocycles. The number of hydrogen-bond donors (Lipinski definition) is 1. The van der Waals surface area contributed by atoms with Gasteiger partial charge in [-0.3, -0.25) is 0 Å². The maximum absolute atomic E-state index is 6.17. The van der Waals surface area contributed by atoms with E-state index in [1.54, 1.807) is 7.11 Å². The first-order chi connectivity index (χ1) is 11.5. The molecule has 0 unspecified atom stereocenters. The van der Waals surface area contributed by atoms with Crippen molar-refractivity contribution in [1.82, 2.24) is 9.97 Å². The van der Waals surface area contributed by atoms with Crippen LogP contribution < -0.4 is 10.1 Å². The number of nitrogens with one attached hydrogen (secondary N) is 1. The van der Waals surface area contributed by atoms with E-state index in [-0.39, 0.29) is 0 Å². The van der Waals surface area contributed by atoms with E-state index in [2.05, 4.69) is 15.3 Å². The minimum absolute atomic E-state index is 0.394. The molecule has 0 amide bonds. The fourth-order valence-corrected chi connectivity index (χ4v) is 2.94. The van der Waals surface area contributed by atoms with Crippen molar-refractivity contribution in [2.45, 2.75) is 27.3 Å². The van der Waals surface area contributed by atoms with Gasteiger partial charge in [0.1, 0.15) is 17.4 Å². The summed E-state index contributed by atoms with van der Waals surface area (Å²) in [5, 5.41) is 4.26. The minimum Gasteiger partial charge on any atom is -0.495 e. The molecule has 0 aliphatic rings. The first-order valence-electron chi connectivity index (χ1n) is 7.54. The van der Waals surface area contributed by atoms with Crippen molar-refractivity contribution < 1.29 is 9.47 Å². The molecule has 24 heavy (non-hydrogen) atoms. The highest BCUT2D eigenvalue weighted by atomic mass is 35.5. The SMILES string of the molecule is CCOC(=S)c1c(C)nc(C)nc1NCc1ccc(OC)c(Cl)c1. The molecule has 0 saturated carbocycles. The highest BCUT2D eigenvalue weighted by Crippen LogP contribution is 2.26. The van der Waals surface area contributed by atoms with Gasteiger partial charge in [0, 0.05) is 6.54 Å². The summed E-state index contributed by atoms with van der Waals surface area (Å²) in [5.41, 5.74) is 2.51. The molecule has 0 spiro atoms. The van der Waals surface area contributed by atoms with E-state index in [4.69, 9.17) is 33.3 Å². The number of halogens is 1. The molecule has 0 saturated heterocycles. The van der Waals surface area contributed by atoms with E-state index in [1.807, 2.05) is 39.0 Å². The highest BCUT2D eigenvalue weighted by molar-refractivity contribution is 7.80. The summed E-state index contributed by atoms with van der Waals surface area (Å²) in [6.07, 6.45) is 0. The van der Waals surface area contributed by atoms with Crippen molar-refractivity contribution in [3.8, 4) is 5.75 Å². The fraction of sp³-hybridized carbons (Fsp3) is 0.353. The molecule has 0 atom stereocenters. The first kappa shape index (κ1) is 18.4. The van der Waals surface area contributed by atoms with Crippen LogP contribution >= 0.6 is 23.8 Å². The van der Waals surface area contributed by atoms with Gasteiger partial charge in [0.05, 0.1) is 30.0 Å². The summed E-state index contributed by atoms with van der Waals surface area (Å²) in [6.45, 7) is 6.67. The monoisotopic (exact) mass is 365 g/mol. The predicted octanol–water partition coefficient (Wildman–Crippen LogP) is 4.08. The van der Waals surface area contributed by atoms with Gasteiger partial charge in [-0.15, -0.1) is 0 Å². The van der Waals surface area contributed by atoms with Gasteiger partial charge in [-0.25, -0.2) is 9.97 Å². The van der Waals surface area contributed by atoms with Crippen LogP contribution in [-0.2, 0) is 11.3 Å². The summed E-state index contributed by atoms with van der Waals surface area (Å²) in [6, 6.07) is 5.63. The lowest BCUT2D eigenvalue weighted by Gasteiger charge is -2.15. The van der Waals surface area contributed by atoms with Crippen LogP contribution in [-0.4, -0.2) is 28.7 Å². The zero-order valence-electron chi connectivity index (χ0n) is 14.1. The van der Waals surface area contributed by atoms with Crippen LogP contribution in [0.1, 0.15) is 29.6 Å². The van der Waals surface area contributed by atoms with Crippen molar-refractivity contribution in [2.24, 2.45) is 0 Å². The third kappa shape index (κ3) is 4.33. The number of benzene rings is 1. The Balaban J connectivity index is 2.25. The van der Waals surface area contributed by atoms with Crippen LogP contribution in [0.2, 0.25) is 5.02 Å². The van der Waals surface area contributed by atoms with Gasteiger partial charge in [0.2, 0.25) is 0 Å². The second-order valence-electron chi connectivity index (χ2n) is 5.12. The maximum Gasteiger partial charge on any atom is 0.196 e. The van der Waals surface area contributed by atoms with Crippen LogP contribution in [0.4, 0.5) is 5.82 Å². The molecule has 0 fully saturated rings. The molecule has 2 aromatic rings. The van der Waals surface area contributed by atoms with E-state index >= 15 is 0 Å². The standard InChI is InChI=1S/C17H20ClN3O2S/c1-5-23-17(24)15-10(2)20-11(3)21-16(15)19-9-12-6-7-14(22-4)13(18)8-12/h6-8H,5,9H2,1-4H3,(H,19,20,21). The molecule has 1 heterocycles. The molecular weight excluding hydrogens is 346 g/mol. The fourth-order valence-electron chi connectivity index (χ4n) is 2.29. The van der Waals surface area contributed by atoms with Gasteiger partial charge in [-0.1, -0.05) is 17.7 Å². The molecule has 128 valence electrons. The van der Waals surface area contributed by atoms with Gasteiger partial charge in [0.15, 0.2) is 5.05 Å². The number of hydrogen-bond acceptors (Lipinski definition) is 6. The lowest BCUT2D eigenvalue weighted by atomic mass is 10.2. The number of thiocarbonyl (C=S) groups is 1. The third-order valence-electron chi connectivity index (χ3n) is 3.36. The average molecular weight is 366 g/mol. The summed E-state index contributed by atoms with van der Waals surface area (Å²) in [7, 11) is 1.59. The summed E-state index contributed by atoms with van der Waals surface area (Å²) in [4.78, 5) is 8.83. The molecular formula is C17H20ClN3O2S. The van der Waals surface area contributed by atoms with Crippen LogP contribution in [0.15, 0.2) is 18.2 Å². The number of nitrogens with zero attached hydrogens (tertiary/aromatic N) is 2. The molecule has 7 heteroatoms. The van der Waals surface area contributed by atoms with E-state index in [0.717, 1.165) is 16.8 Å². The summed E-state index contributed by atoms with van der Waals surface area (Å²) >= 11 is 11.5. The largest absolute Gasteiger partial charge is 0.495 e. The Labute approximate surface area is 152 Å². The van der Waals surface area contributed by atoms with Crippen molar-refractivity contribution in [2.75, 3.05) is 19.0 Å². The van der Waals surface area contributed by atoms with E-state index < -0.39 is 0 Å². The minimum atomic E-state index is 0.394. The molecule has 1 aromatic heterocycles. The number of ether oxygens (including phenoxy) is 2. The van der Waals surface area contributed by atoms with Crippen molar-refractivity contribution in [3.05, 3.63) is 45.9 Å². The number of rotatable bonds is 6. The van der Waals surface area contributed by atoms with Crippen LogP contribution in [0.25, 0.3) is 0 Å². The third-order valence-corrected chi connectivity index (χ3v) is 3.97. The molecule has 0 aliphatic heterocycles. The maximum atomic E-state index is 6.17. The summed E-state index contributed by atoms with van der Waals surface area (Å²) in [5.74, 6) is 1.98. The first-order valence-corrected chi connectivity index (χ1v) is 8.33. The smallest absolute Gasteiger partial charge is 0.196 e.